The largest absolute Gasteiger partial charge is 0.367 e. The van der Waals surface area contributed by atoms with Gasteiger partial charge in [0, 0.05) is 36.1 Å². The standard InChI is InChI=1S/C17H23N5/c1-17(2,22-10-4-9-19-22)11-18-16-13-5-3-6-14(13)20-15(21-16)12-7-8-12/h4,9-10,12H,3,5-8,11H2,1-2H3,(H,18,20,21). The van der Waals surface area contributed by atoms with Gasteiger partial charge in [-0.3, -0.25) is 4.68 Å². The zero-order valence-corrected chi connectivity index (χ0v) is 13.3. The van der Waals surface area contributed by atoms with Gasteiger partial charge in [-0.2, -0.15) is 5.10 Å². The van der Waals surface area contributed by atoms with Gasteiger partial charge in [-0.15, -0.1) is 0 Å². The molecule has 2 heterocycles. The van der Waals surface area contributed by atoms with Crippen LogP contribution in [-0.4, -0.2) is 26.3 Å². The second-order valence-corrected chi connectivity index (χ2v) is 7.10. The molecule has 0 amide bonds. The quantitative estimate of drug-likeness (QED) is 0.922. The van der Waals surface area contributed by atoms with Crippen LogP contribution in [0.25, 0.3) is 0 Å². The van der Waals surface area contributed by atoms with Crippen molar-refractivity contribution in [3.8, 4) is 0 Å². The molecule has 2 aromatic rings. The zero-order valence-electron chi connectivity index (χ0n) is 13.3. The first-order valence-electron chi connectivity index (χ1n) is 8.27. The molecular formula is C17H23N5. The molecule has 4 rings (SSSR count). The van der Waals surface area contributed by atoms with Gasteiger partial charge in [-0.05, 0) is 52.0 Å². The summed E-state index contributed by atoms with van der Waals surface area (Å²) in [6, 6.07) is 1.97. The van der Waals surface area contributed by atoms with Gasteiger partial charge in [0.15, 0.2) is 0 Å². The van der Waals surface area contributed by atoms with Gasteiger partial charge in [0.1, 0.15) is 11.6 Å². The minimum atomic E-state index is -0.0836. The Bertz CT molecular complexity index is 671. The summed E-state index contributed by atoms with van der Waals surface area (Å²) in [4.78, 5) is 9.64. The van der Waals surface area contributed by atoms with E-state index in [1.165, 1.54) is 30.5 Å². The smallest absolute Gasteiger partial charge is 0.134 e. The lowest BCUT2D eigenvalue weighted by atomic mass is 10.1. The maximum absolute atomic E-state index is 4.84. The predicted molar refractivity (Wildman–Crippen MR) is 86.1 cm³/mol. The molecule has 0 atom stereocenters. The summed E-state index contributed by atoms with van der Waals surface area (Å²) in [5, 5.41) is 7.96. The third kappa shape index (κ3) is 2.49. The first-order valence-corrected chi connectivity index (χ1v) is 8.27. The number of rotatable bonds is 5. The number of nitrogens with one attached hydrogen (secondary N) is 1. The van der Waals surface area contributed by atoms with Crippen molar-refractivity contribution < 1.29 is 0 Å². The van der Waals surface area contributed by atoms with Crippen LogP contribution in [0.5, 0.6) is 0 Å². The van der Waals surface area contributed by atoms with E-state index in [9.17, 15) is 0 Å². The monoisotopic (exact) mass is 297 g/mol. The van der Waals surface area contributed by atoms with Crippen LogP contribution >= 0.6 is 0 Å². The summed E-state index contributed by atoms with van der Waals surface area (Å²) in [6.07, 6.45) is 9.75. The molecule has 1 saturated carbocycles. The van der Waals surface area contributed by atoms with Crippen molar-refractivity contribution in [3.05, 3.63) is 35.5 Å². The maximum atomic E-state index is 4.84. The number of aromatic nitrogens is 4. The van der Waals surface area contributed by atoms with E-state index in [2.05, 4.69) is 24.3 Å². The Morgan fingerprint density at radius 3 is 2.86 bits per heavy atom. The van der Waals surface area contributed by atoms with Crippen LogP contribution in [0.2, 0.25) is 0 Å². The van der Waals surface area contributed by atoms with Crippen molar-refractivity contribution in [3.63, 3.8) is 0 Å². The molecule has 0 spiro atoms. The molecule has 0 aliphatic heterocycles. The van der Waals surface area contributed by atoms with Gasteiger partial charge in [-0.1, -0.05) is 0 Å². The molecule has 2 aromatic heterocycles. The van der Waals surface area contributed by atoms with Crippen LogP contribution < -0.4 is 5.32 Å². The first-order chi connectivity index (χ1) is 10.6. The number of anilines is 1. The Balaban J connectivity index is 1.57. The fourth-order valence-corrected chi connectivity index (χ4v) is 3.13. The summed E-state index contributed by atoms with van der Waals surface area (Å²) >= 11 is 0. The lowest BCUT2D eigenvalue weighted by Crippen LogP contribution is -2.35. The first kappa shape index (κ1) is 13.7. The van der Waals surface area contributed by atoms with E-state index in [4.69, 9.17) is 9.97 Å². The van der Waals surface area contributed by atoms with Crippen LogP contribution in [0.3, 0.4) is 0 Å². The molecule has 1 fully saturated rings. The third-order valence-electron chi connectivity index (χ3n) is 4.71. The van der Waals surface area contributed by atoms with Crippen LogP contribution in [-0.2, 0) is 18.4 Å². The topological polar surface area (TPSA) is 55.6 Å². The van der Waals surface area contributed by atoms with E-state index in [0.29, 0.717) is 5.92 Å². The number of nitrogens with zero attached hydrogens (tertiary/aromatic N) is 4. The Morgan fingerprint density at radius 1 is 1.27 bits per heavy atom. The maximum Gasteiger partial charge on any atom is 0.134 e. The summed E-state index contributed by atoms with van der Waals surface area (Å²) in [5.74, 6) is 2.72. The Morgan fingerprint density at radius 2 is 2.14 bits per heavy atom. The van der Waals surface area contributed by atoms with Crippen LogP contribution in [0.4, 0.5) is 5.82 Å². The van der Waals surface area contributed by atoms with E-state index in [0.717, 1.165) is 31.0 Å². The van der Waals surface area contributed by atoms with Crippen molar-refractivity contribution >= 4 is 5.82 Å². The zero-order chi connectivity index (χ0) is 15.2. The predicted octanol–water partition coefficient (Wildman–Crippen LogP) is 2.89. The van der Waals surface area contributed by atoms with E-state index >= 15 is 0 Å². The van der Waals surface area contributed by atoms with Gasteiger partial charge in [0.05, 0.1) is 5.54 Å². The average Bonchev–Trinajstić information content (AvgIpc) is 3.02. The lowest BCUT2D eigenvalue weighted by molar-refractivity contribution is 0.339. The molecule has 116 valence electrons. The molecule has 5 nitrogen and oxygen atoms in total. The summed E-state index contributed by atoms with van der Waals surface area (Å²) < 4.78 is 2.00. The number of hydrogen-bond acceptors (Lipinski definition) is 4. The second kappa shape index (κ2) is 5.07. The Kier molecular flexibility index (Phi) is 3.17. The van der Waals surface area contributed by atoms with Crippen molar-refractivity contribution in [2.45, 2.75) is 57.4 Å². The van der Waals surface area contributed by atoms with Crippen molar-refractivity contribution in [2.24, 2.45) is 0 Å². The highest BCUT2D eigenvalue weighted by Gasteiger charge is 2.30. The molecule has 0 radical (unpaired) electrons. The van der Waals surface area contributed by atoms with E-state index < -0.39 is 0 Å². The van der Waals surface area contributed by atoms with E-state index in [1.54, 1.807) is 0 Å². The average molecular weight is 297 g/mol. The molecular weight excluding hydrogens is 274 g/mol. The second-order valence-electron chi connectivity index (χ2n) is 7.10. The van der Waals surface area contributed by atoms with Gasteiger partial charge in [0.2, 0.25) is 0 Å². The number of aryl methyl sites for hydroxylation is 1. The minimum absolute atomic E-state index is 0.0836. The van der Waals surface area contributed by atoms with Crippen molar-refractivity contribution in [1.82, 2.24) is 19.7 Å². The van der Waals surface area contributed by atoms with Crippen LogP contribution in [0.1, 0.15) is 56.1 Å². The molecule has 0 aromatic carbocycles. The number of fused-ring (bicyclic) bond motifs is 1. The molecule has 2 aliphatic rings. The van der Waals surface area contributed by atoms with Gasteiger partial charge in [0.25, 0.3) is 0 Å². The molecule has 1 N–H and O–H groups in total. The van der Waals surface area contributed by atoms with Crippen molar-refractivity contribution in [2.75, 3.05) is 11.9 Å². The summed E-state index contributed by atoms with van der Waals surface area (Å²) in [5.41, 5.74) is 2.52. The Hall–Kier alpha value is -1.91. The fourth-order valence-electron chi connectivity index (χ4n) is 3.13. The molecule has 0 bridgehead atoms. The number of hydrogen-bond donors (Lipinski definition) is 1. The fraction of sp³-hybridized carbons (Fsp3) is 0.588. The summed E-state index contributed by atoms with van der Waals surface area (Å²) in [7, 11) is 0. The summed E-state index contributed by atoms with van der Waals surface area (Å²) in [6.45, 7) is 5.19. The SMILES string of the molecule is CC(C)(CNc1nc(C2CC2)nc2c1CCC2)n1cccn1. The van der Waals surface area contributed by atoms with Gasteiger partial charge in [-0.25, -0.2) is 9.97 Å². The lowest BCUT2D eigenvalue weighted by Gasteiger charge is -2.26. The van der Waals surface area contributed by atoms with Crippen LogP contribution in [0.15, 0.2) is 18.5 Å². The van der Waals surface area contributed by atoms with Gasteiger partial charge >= 0.3 is 0 Å². The van der Waals surface area contributed by atoms with Crippen LogP contribution in [0, 0.1) is 0 Å². The minimum Gasteiger partial charge on any atom is -0.367 e. The van der Waals surface area contributed by atoms with E-state index in [1.807, 2.05) is 23.1 Å². The highest BCUT2D eigenvalue weighted by Crippen LogP contribution is 2.40. The molecule has 0 saturated heterocycles. The van der Waals surface area contributed by atoms with Gasteiger partial charge < -0.3 is 5.32 Å². The molecule has 5 heteroatoms. The normalized spacial score (nSPS) is 17.5. The highest BCUT2D eigenvalue weighted by molar-refractivity contribution is 5.49. The third-order valence-corrected chi connectivity index (χ3v) is 4.71. The van der Waals surface area contributed by atoms with Crippen molar-refractivity contribution in [1.29, 1.82) is 0 Å². The molecule has 0 unspecified atom stereocenters. The molecule has 2 aliphatic carbocycles. The molecule has 22 heavy (non-hydrogen) atoms. The highest BCUT2D eigenvalue weighted by atomic mass is 15.3. The van der Waals surface area contributed by atoms with E-state index in [-0.39, 0.29) is 5.54 Å². The Labute approximate surface area is 131 Å².